The monoisotopic (exact) mass is 376 g/mol. The Morgan fingerprint density at radius 1 is 1.19 bits per heavy atom. The van der Waals surface area contributed by atoms with E-state index in [0.717, 1.165) is 30.2 Å². The summed E-state index contributed by atoms with van der Waals surface area (Å²) in [6.07, 6.45) is 4.28. The fraction of sp³-hybridized carbons (Fsp3) is 0.625. The van der Waals surface area contributed by atoms with Gasteiger partial charge in [-0.1, -0.05) is 43.1 Å². The molecule has 0 aromatic heterocycles. The van der Waals surface area contributed by atoms with Gasteiger partial charge < -0.3 is 4.52 Å². The highest BCUT2D eigenvalue weighted by Gasteiger charge is 2.25. The van der Waals surface area contributed by atoms with Crippen molar-refractivity contribution >= 4 is 23.5 Å². The van der Waals surface area contributed by atoms with Crippen molar-refractivity contribution in [2.24, 2.45) is 5.92 Å². The van der Waals surface area contributed by atoms with Gasteiger partial charge in [-0.15, -0.1) is 0 Å². The smallest absolute Gasteiger partial charge is 0.379 e. The largest absolute Gasteiger partial charge is 0.424 e. The molecular weight excluding hydrogens is 351 g/mol. The van der Waals surface area contributed by atoms with Crippen LogP contribution in [0.3, 0.4) is 0 Å². The second-order valence-corrected chi connectivity index (χ2v) is 8.63. The van der Waals surface area contributed by atoms with Gasteiger partial charge in [0, 0.05) is 4.47 Å². The minimum absolute atomic E-state index is 0.473. The second kappa shape index (κ2) is 9.66. The number of unbranched alkanes of at least 4 members (excludes halogenated alkanes) is 1. The molecule has 0 aliphatic rings. The predicted molar refractivity (Wildman–Crippen MR) is 92.2 cm³/mol. The molecule has 0 saturated heterocycles. The van der Waals surface area contributed by atoms with E-state index in [0.29, 0.717) is 24.4 Å². The lowest BCUT2D eigenvalue weighted by atomic mass is 10.1. The van der Waals surface area contributed by atoms with E-state index >= 15 is 0 Å². The summed E-state index contributed by atoms with van der Waals surface area (Å²) in [5.74, 6) is 1.23. The summed E-state index contributed by atoms with van der Waals surface area (Å²) in [7, 11) is -3.05. The lowest BCUT2D eigenvalue weighted by Gasteiger charge is -2.19. The molecule has 3 nitrogen and oxygen atoms in total. The van der Waals surface area contributed by atoms with Gasteiger partial charge in [0.2, 0.25) is 0 Å². The number of halogens is 1. The maximum Gasteiger partial charge on any atom is 0.379 e. The van der Waals surface area contributed by atoms with Crippen molar-refractivity contribution in [2.75, 3.05) is 12.8 Å². The normalized spacial score (nSPS) is 14.1. The maximum atomic E-state index is 12.8. The van der Waals surface area contributed by atoms with E-state index in [9.17, 15) is 4.57 Å². The van der Waals surface area contributed by atoms with Gasteiger partial charge in [0.05, 0.1) is 12.8 Å². The van der Waals surface area contributed by atoms with Crippen LogP contribution in [0.15, 0.2) is 28.7 Å². The lowest BCUT2D eigenvalue weighted by molar-refractivity contribution is 0.253. The van der Waals surface area contributed by atoms with E-state index in [4.69, 9.17) is 9.05 Å². The van der Waals surface area contributed by atoms with E-state index in [1.54, 1.807) is 12.1 Å². The highest BCUT2D eigenvalue weighted by atomic mass is 79.9. The van der Waals surface area contributed by atoms with Crippen LogP contribution < -0.4 is 4.52 Å². The van der Waals surface area contributed by atoms with Crippen molar-refractivity contribution in [1.29, 1.82) is 0 Å². The Labute approximate surface area is 137 Å². The lowest BCUT2D eigenvalue weighted by Crippen LogP contribution is -2.05. The zero-order valence-corrected chi connectivity index (χ0v) is 15.7. The average molecular weight is 377 g/mol. The SMILES string of the molecule is CCCCP(=O)(OCCCC(C)C)Oc1ccc(Br)cc1. The Morgan fingerprint density at radius 2 is 1.86 bits per heavy atom. The fourth-order valence-corrected chi connectivity index (χ4v) is 3.93. The van der Waals surface area contributed by atoms with Gasteiger partial charge in [-0.3, -0.25) is 4.52 Å². The molecular formula is C16H26BrO3P. The molecule has 0 bridgehead atoms. The highest BCUT2D eigenvalue weighted by Crippen LogP contribution is 2.49. The Morgan fingerprint density at radius 3 is 2.43 bits per heavy atom. The molecule has 1 rings (SSSR count). The van der Waals surface area contributed by atoms with E-state index in [-0.39, 0.29) is 0 Å². The van der Waals surface area contributed by atoms with Crippen LogP contribution in [-0.4, -0.2) is 12.8 Å². The van der Waals surface area contributed by atoms with E-state index in [2.05, 4.69) is 36.7 Å². The number of benzene rings is 1. The van der Waals surface area contributed by atoms with Crippen LogP contribution >= 0.6 is 23.5 Å². The Balaban J connectivity index is 2.59. The van der Waals surface area contributed by atoms with Crippen molar-refractivity contribution in [2.45, 2.75) is 46.5 Å². The topological polar surface area (TPSA) is 35.5 Å². The first-order valence-corrected chi connectivity index (χ1v) is 10.2. The molecule has 0 N–H and O–H groups in total. The van der Waals surface area contributed by atoms with Gasteiger partial charge in [-0.05, 0) is 49.4 Å². The molecule has 0 saturated carbocycles. The predicted octanol–water partition coefficient (Wildman–Crippen LogP) is 6.27. The summed E-state index contributed by atoms with van der Waals surface area (Å²) in [6, 6.07) is 7.36. The minimum atomic E-state index is -3.05. The molecule has 5 heteroatoms. The van der Waals surface area contributed by atoms with Gasteiger partial charge in [0.15, 0.2) is 0 Å². The van der Waals surface area contributed by atoms with E-state index < -0.39 is 7.60 Å². The molecule has 0 spiro atoms. The summed E-state index contributed by atoms with van der Waals surface area (Å²) < 4.78 is 25.1. The molecule has 1 aromatic rings. The fourth-order valence-electron chi connectivity index (χ4n) is 1.84. The zero-order valence-electron chi connectivity index (χ0n) is 13.2. The van der Waals surface area contributed by atoms with E-state index in [1.165, 1.54) is 0 Å². The average Bonchev–Trinajstić information content (AvgIpc) is 2.44. The van der Waals surface area contributed by atoms with Crippen LogP contribution in [0, 0.1) is 5.92 Å². The minimum Gasteiger partial charge on any atom is -0.424 e. The molecule has 120 valence electrons. The van der Waals surface area contributed by atoms with E-state index in [1.807, 2.05) is 12.1 Å². The van der Waals surface area contributed by atoms with Crippen LogP contribution in [0.5, 0.6) is 5.75 Å². The Hall–Kier alpha value is -0.310. The molecule has 1 unspecified atom stereocenters. The number of rotatable bonds is 10. The Kier molecular flexibility index (Phi) is 8.62. The maximum absolute atomic E-state index is 12.8. The van der Waals surface area contributed by atoms with Gasteiger partial charge in [0.1, 0.15) is 5.75 Å². The van der Waals surface area contributed by atoms with Crippen molar-refractivity contribution in [1.82, 2.24) is 0 Å². The van der Waals surface area contributed by atoms with Crippen molar-refractivity contribution in [3.05, 3.63) is 28.7 Å². The number of hydrogen-bond acceptors (Lipinski definition) is 3. The third-order valence-electron chi connectivity index (χ3n) is 3.06. The van der Waals surface area contributed by atoms with Crippen molar-refractivity contribution in [3.63, 3.8) is 0 Å². The van der Waals surface area contributed by atoms with Crippen LogP contribution in [0.2, 0.25) is 0 Å². The summed E-state index contributed by atoms with van der Waals surface area (Å²) in [6.45, 7) is 6.92. The zero-order chi connectivity index (χ0) is 15.7. The first-order chi connectivity index (χ1) is 9.95. The van der Waals surface area contributed by atoms with Crippen LogP contribution in [0.1, 0.15) is 46.5 Å². The molecule has 0 radical (unpaired) electrons. The third-order valence-corrected chi connectivity index (χ3v) is 5.52. The van der Waals surface area contributed by atoms with Crippen molar-refractivity contribution < 1.29 is 13.6 Å². The summed E-state index contributed by atoms with van der Waals surface area (Å²) in [4.78, 5) is 0. The Bertz CT molecular complexity index is 445. The summed E-state index contributed by atoms with van der Waals surface area (Å²) in [5, 5.41) is 0. The third kappa shape index (κ3) is 8.04. The first-order valence-electron chi connectivity index (χ1n) is 7.64. The first kappa shape index (κ1) is 18.7. The molecule has 0 fully saturated rings. The van der Waals surface area contributed by atoms with Gasteiger partial charge in [0.25, 0.3) is 0 Å². The molecule has 0 aliphatic heterocycles. The van der Waals surface area contributed by atoms with Crippen molar-refractivity contribution in [3.8, 4) is 5.75 Å². The molecule has 1 atom stereocenters. The van der Waals surface area contributed by atoms with Gasteiger partial charge in [-0.25, -0.2) is 4.57 Å². The molecule has 0 aliphatic carbocycles. The van der Waals surface area contributed by atoms with Gasteiger partial charge in [-0.2, -0.15) is 0 Å². The molecule has 21 heavy (non-hydrogen) atoms. The van der Waals surface area contributed by atoms with Gasteiger partial charge >= 0.3 is 7.60 Å². The highest BCUT2D eigenvalue weighted by molar-refractivity contribution is 9.10. The van der Waals surface area contributed by atoms with Crippen LogP contribution in [0.4, 0.5) is 0 Å². The molecule has 0 amide bonds. The number of hydrogen-bond donors (Lipinski definition) is 0. The molecule has 0 heterocycles. The quantitative estimate of drug-likeness (QED) is 0.356. The summed E-state index contributed by atoms with van der Waals surface area (Å²) in [5.41, 5.74) is 0. The van der Waals surface area contributed by atoms with Crippen LogP contribution in [-0.2, 0) is 9.09 Å². The summed E-state index contributed by atoms with van der Waals surface area (Å²) >= 11 is 3.38. The van der Waals surface area contributed by atoms with Crippen LogP contribution in [0.25, 0.3) is 0 Å². The molecule has 1 aromatic carbocycles. The standard InChI is InChI=1S/C16H26BrO3P/c1-4-5-13-21(18,19-12-6-7-14(2)3)20-16-10-8-15(17)9-11-16/h8-11,14H,4-7,12-13H2,1-3H3. The second-order valence-electron chi connectivity index (χ2n) is 5.60.